The van der Waals surface area contributed by atoms with E-state index in [4.69, 9.17) is 16.3 Å². The van der Waals surface area contributed by atoms with Crippen molar-refractivity contribution >= 4 is 29.0 Å². The number of carbonyl (C=O) groups excluding carboxylic acids is 2. The number of nitrogens with zero attached hydrogens (tertiary/aromatic N) is 1. The van der Waals surface area contributed by atoms with Crippen molar-refractivity contribution in [2.45, 2.75) is 26.7 Å². The summed E-state index contributed by atoms with van der Waals surface area (Å²) >= 11 is 6.09. The zero-order chi connectivity index (χ0) is 15.4. The van der Waals surface area contributed by atoms with Gasteiger partial charge in [-0.15, -0.1) is 0 Å². The lowest BCUT2D eigenvalue weighted by molar-refractivity contribution is -0.148. The second kappa shape index (κ2) is 6.94. The quantitative estimate of drug-likeness (QED) is 0.632. The molecule has 4 nitrogen and oxygen atoms in total. The monoisotopic (exact) mass is 309 g/mol. The molecular weight excluding hydrogens is 290 g/mol. The van der Waals surface area contributed by atoms with Gasteiger partial charge >= 0.3 is 5.97 Å². The normalized spacial score (nSPS) is 18.4. The Morgan fingerprint density at radius 2 is 2.14 bits per heavy atom. The molecule has 0 saturated carbocycles. The highest BCUT2D eigenvalue weighted by molar-refractivity contribution is 6.31. The lowest BCUT2D eigenvalue weighted by atomic mass is 9.97. The van der Waals surface area contributed by atoms with Crippen molar-refractivity contribution in [2.24, 2.45) is 5.92 Å². The number of carbonyl (C=O) groups is 2. The fourth-order valence-corrected chi connectivity index (χ4v) is 2.85. The maximum Gasteiger partial charge on any atom is 0.310 e. The van der Waals surface area contributed by atoms with Crippen molar-refractivity contribution < 1.29 is 14.3 Å². The number of hydrogen-bond donors (Lipinski definition) is 0. The third kappa shape index (κ3) is 3.97. The molecule has 114 valence electrons. The van der Waals surface area contributed by atoms with Crippen LogP contribution in [0.1, 0.15) is 37.0 Å². The molecule has 1 saturated heterocycles. The minimum atomic E-state index is -0.143. The van der Waals surface area contributed by atoms with Crippen molar-refractivity contribution in [3.63, 3.8) is 0 Å². The van der Waals surface area contributed by atoms with E-state index in [9.17, 15) is 9.59 Å². The summed E-state index contributed by atoms with van der Waals surface area (Å²) in [5.74, 6) is -0.271. The molecule has 1 aromatic rings. The first-order valence-corrected chi connectivity index (χ1v) is 7.62. The van der Waals surface area contributed by atoms with Gasteiger partial charge in [0.15, 0.2) is 5.78 Å². The fraction of sp³-hybridized carbons (Fsp3) is 0.500. The smallest absolute Gasteiger partial charge is 0.310 e. The van der Waals surface area contributed by atoms with Gasteiger partial charge in [0, 0.05) is 29.4 Å². The minimum Gasteiger partial charge on any atom is -0.466 e. The molecule has 0 aromatic heterocycles. The Morgan fingerprint density at radius 3 is 2.81 bits per heavy atom. The van der Waals surface area contributed by atoms with E-state index in [-0.39, 0.29) is 17.7 Å². The van der Waals surface area contributed by atoms with Crippen LogP contribution in [0.25, 0.3) is 0 Å². The van der Waals surface area contributed by atoms with E-state index in [2.05, 4.69) is 4.90 Å². The van der Waals surface area contributed by atoms with Gasteiger partial charge in [-0.2, -0.15) is 0 Å². The zero-order valence-corrected chi connectivity index (χ0v) is 13.2. The van der Waals surface area contributed by atoms with E-state index in [1.807, 2.05) is 19.1 Å². The van der Waals surface area contributed by atoms with E-state index in [0.717, 1.165) is 25.1 Å². The number of rotatable bonds is 4. The summed E-state index contributed by atoms with van der Waals surface area (Å²) in [7, 11) is 0. The van der Waals surface area contributed by atoms with Crippen molar-refractivity contribution in [2.75, 3.05) is 24.6 Å². The van der Waals surface area contributed by atoms with Gasteiger partial charge in [0.2, 0.25) is 0 Å². The van der Waals surface area contributed by atoms with Crippen LogP contribution in [-0.2, 0) is 9.53 Å². The SMILES string of the molecule is CCOC(=O)C1CCCN(c2cc(Cl)cc(C(C)=O)c2)C1. The third-order valence-corrected chi connectivity index (χ3v) is 3.91. The summed E-state index contributed by atoms with van der Waals surface area (Å²) < 4.78 is 5.11. The van der Waals surface area contributed by atoms with Crippen LogP contribution in [0.15, 0.2) is 18.2 Å². The van der Waals surface area contributed by atoms with Crippen LogP contribution in [0.3, 0.4) is 0 Å². The Hall–Kier alpha value is -1.55. The van der Waals surface area contributed by atoms with Gasteiger partial charge in [-0.3, -0.25) is 9.59 Å². The molecule has 1 atom stereocenters. The van der Waals surface area contributed by atoms with Gasteiger partial charge in [0.25, 0.3) is 0 Å². The lowest BCUT2D eigenvalue weighted by Gasteiger charge is -2.33. The molecule has 1 aliphatic rings. The molecule has 1 unspecified atom stereocenters. The van der Waals surface area contributed by atoms with Gasteiger partial charge < -0.3 is 9.64 Å². The van der Waals surface area contributed by atoms with Crippen LogP contribution in [0, 0.1) is 5.92 Å². The average Bonchev–Trinajstić information content (AvgIpc) is 2.47. The first-order chi connectivity index (χ1) is 10.0. The summed E-state index contributed by atoms with van der Waals surface area (Å²) in [5.41, 5.74) is 1.48. The van der Waals surface area contributed by atoms with E-state index in [1.165, 1.54) is 6.92 Å². The van der Waals surface area contributed by atoms with E-state index < -0.39 is 0 Å². The number of ketones is 1. The summed E-state index contributed by atoms with van der Waals surface area (Å²) in [5, 5.41) is 0.538. The highest BCUT2D eigenvalue weighted by Crippen LogP contribution is 2.27. The number of esters is 1. The Labute approximate surface area is 130 Å². The Bertz CT molecular complexity index is 544. The van der Waals surface area contributed by atoms with Crippen LogP contribution in [-0.4, -0.2) is 31.4 Å². The van der Waals surface area contributed by atoms with Crippen molar-refractivity contribution in [3.8, 4) is 0 Å². The van der Waals surface area contributed by atoms with Crippen LogP contribution >= 0.6 is 11.6 Å². The first kappa shape index (κ1) is 15.8. The molecule has 0 aliphatic carbocycles. The average molecular weight is 310 g/mol. The van der Waals surface area contributed by atoms with E-state index in [1.54, 1.807) is 6.07 Å². The summed E-state index contributed by atoms with van der Waals surface area (Å²) in [6.07, 6.45) is 1.76. The van der Waals surface area contributed by atoms with Crippen LogP contribution in [0.4, 0.5) is 5.69 Å². The predicted octanol–water partition coefficient (Wildman–Crippen LogP) is 3.32. The second-order valence-electron chi connectivity index (χ2n) is 5.29. The molecule has 1 fully saturated rings. The molecular formula is C16H20ClNO3. The molecule has 0 amide bonds. The number of Topliss-reactive ketones (excluding diaryl/α,β-unsaturated/α-hetero) is 1. The highest BCUT2D eigenvalue weighted by atomic mass is 35.5. The highest BCUT2D eigenvalue weighted by Gasteiger charge is 2.27. The Kier molecular flexibility index (Phi) is 5.23. The predicted molar refractivity (Wildman–Crippen MR) is 83.0 cm³/mol. The van der Waals surface area contributed by atoms with E-state index in [0.29, 0.717) is 23.7 Å². The van der Waals surface area contributed by atoms with E-state index >= 15 is 0 Å². The van der Waals surface area contributed by atoms with Gasteiger partial charge in [-0.25, -0.2) is 0 Å². The lowest BCUT2D eigenvalue weighted by Crippen LogP contribution is -2.39. The number of anilines is 1. The minimum absolute atomic E-state index is 0.0160. The largest absolute Gasteiger partial charge is 0.466 e. The molecule has 2 rings (SSSR count). The molecule has 0 spiro atoms. The number of ether oxygens (including phenoxy) is 1. The molecule has 0 N–H and O–H groups in total. The molecule has 1 aromatic carbocycles. The van der Waals surface area contributed by atoms with Crippen LogP contribution in [0.5, 0.6) is 0 Å². The number of piperidine rings is 1. The number of hydrogen-bond acceptors (Lipinski definition) is 4. The van der Waals surface area contributed by atoms with Crippen molar-refractivity contribution in [1.82, 2.24) is 0 Å². The fourth-order valence-electron chi connectivity index (χ4n) is 2.62. The Morgan fingerprint density at radius 1 is 1.38 bits per heavy atom. The molecule has 1 aliphatic heterocycles. The third-order valence-electron chi connectivity index (χ3n) is 3.70. The van der Waals surface area contributed by atoms with Crippen molar-refractivity contribution in [1.29, 1.82) is 0 Å². The van der Waals surface area contributed by atoms with Gasteiger partial charge in [-0.05, 0) is 44.9 Å². The molecule has 0 radical (unpaired) electrons. The Balaban J connectivity index is 2.17. The van der Waals surface area contributed by atoms with Crippen molar-refractivity contribution in [3.05, 3.63) is 28.8 Å². The summed E-state index contributed by atoms with van der Waals surface area (Å²) in [6.45, 7) is 5.20. The molecule has 0 bridgehead atoms. The molecule has 5 heteroatoms. The maximum absolute atomic E-state index is 11.9. The number of halogens is 1. The first-order valence-electron chi connectivity index (χ1n) is 7.24. The van der Waals surface area contributed by atoms with Gasteiger partial charge in [0.1, 0.15) is 0 Å². The number of benzene rings is 1. The van der Waals surface area contributed by atoms with Crippen LogP contribution < -0.4 is 4.90 Å². The topological polar surface area (TPSA) is 46.6 Å². The maximum atomic E-state index is 11.9. The summed E-state index contributed by atoms with van der Waals surface area (Å²) in [6, 6.07) is 5.34. The van der Waals surface area contributed by atoms with Gasteiger partial charge in [0.05, 0.1) is 12.5 Å². The second-order valence-corrected chi connectivity index (χ2v) is 5.73. The zero-order valence-electron chi connectivity index (χ0n) is 12.4. The molecule has 21 heavy (non-hydrogen) atoms. The summed E-state index contributed by atoms with van der Waals surface area (Å²) in [4.78, 5) is 25.5. The van der Waals surface area contributed by atoms with Crippen LogP contribution in [0.2, 0.25) is 5.02 Å². The standard InChI is InChI=1S/C16H20ClNO3/c1-3-21-16(20)12-5-4-6-18(10-12)15-8-13(11(2)19)7-14(17)9-15/h7-9,12H,3-6,10H2,1-2H3. The molecule has 1 heterocycles. The van der Waals surface area contributed by atoms with Gasteiger partial charge in [-0.1, -0.05) is 11.6 Å².